The van der Waals surface area contributed by atoms with E-state index in [9.17, 15) is 0 Å². The fraction of sp³-hybridized carbons (Fsp3) is 0.667. The summed E-state index contributed by atoms with van der Waals surface area (Å²) in [6.07, 6.45) is 3.90. The molecule has 0 saturated carbocycles. The minimum atomic E-state index is 0.0247. The van der Waals surface area contributed by atoms with Gasteiger partial charge in [0.1, 0.15) is 0 Å². The summed E-state index contributed by atoms with van der Waals surface area (Å²) in [4.78, 5) is 6.70. The molecule has 2 N–H and O–H groups in total. The lowest BCUT2D eigenvalue weighted by Gasteiger charge is -2.40. The van der Waals surface area contributed by atoms with E-state index in [0.29, 0.717) is 12.4 Å². The summed E-state index contributed by atoms with van der Waals surface area (Å²) in [5, 5.41) is 0. The van der Waals surface area contributed by atoms with Crippen LogP contribution in [-0.4, -0.2) is 35.6 Å². The van der Waals surface area contributed by atoms with Gasteiger partial charge in [-0.3, -0.25) is 4.90 Å². The van der Waals surface area contributed by atoms with E-state index >= 15 is 0 Å². The molecule has 0 spiro atoms. The smallest absolute Gasteiger partial charge is 0.217 e. The predicted molar refractivity (Wildman–Crippen MR) is 79.2 cm³/mol. The summed E-state index contributed by atoms with van der Waals surface area (Å²) in [7, 11) is 1.66. The molecule has 1 unspecified atom stereocenters. The van der Waals surface area contributed by atoms with Crippen molar-refractivity contribution >= 4 is 0 Å². The standard InChI is InChI=1S/C15H27N3O/c1-5-10-18(15(3,6-2)12-16)11-13-8-7-9-17-14(13)19-4/h7-9H,5-6,10-12,16H2,1-4H3. The van der Waals surface area contributed by atoms with Gasteiger partial charge in [-0.1, -0.05) is 19.9 Å². The van der Waals surface area contributed by atoms with Crippen LogP contribution in [0.4, 0.5) is 0 Å². The maximum atomic E-state index is 5.98. The van der Waals surface area contributed by atoms with Crippen molar-refractivity contribution < 1.29 is 4.74 Å². The number of hydrogen-bond donors (Lipinski definition) is 1. The molecule has 0 fully saturated rings. The molecule has 4 heteroatoms. The summed E-state index contributed by atoms with van der Waals surface area (Å²) in [5.41, 5.74) is 7.13. The Morgan fingerprint density at radius 3 is 2.68 bits per heavy atom. The van der Waals surface area contributed by atoms with Crippen LogP contribution in [0.3, 0.4) is 0 Å². The molecule has 1 aromatic heterocycles. The van der Waals surface area contributed by atoms with Crippen molar-refractivity contribution in [3.63, 3.8) is 0 Å². The van der Waals surface area contributed by atoms with Gasteiger partial charge in [0.25, 0.3) is 0 Å². The molecule has 0 aliphatic rings. The Morgan fingerprint density at radius 1 is 1.42 bits per heavy atom. The number of pyridine rings is 1. The second kappa shape index (κ2) is 7.46. The molecule has 0 bridgehead atoms. The Hall–Kier alpha value is -1.13. The Labute approximate surface area is 117 Å². The third-order valence-corrected chi connectivity index (χ3v) is 3.86. The van der Waals surface area contributed by atoms with Gasteiger partial charge in [-0.15, -0.1) is 0 Å². The number of nitrogens with zero attached hydrogens (tertiary/aromatic N) is 2. The van der Waals surface area contributed by atoms with E-state index < -0.39 is 0 Å². The second-order valence-corrected chi connectivity index (χ2v) is 5.15. The maximum absolute atomic E-state index is 5.98. The van der Waals surface area contributed by atoms with Crippen molar-refractivity contribution in [3.8, 4) is 5.88 Å². The minimum absolute atomic E-state index is 0.0247. The first-order valence-electron chi connectivity index (χ1n) is 7.04. The number of nitrogens with two attached hydrogens (primary N) is 1. The van der Waals surface area contributed by atoms with Gasteiger partial charge in [-0.05, 0) is 32.4 Å². The summed E-state index contributed by atoms with van der Waals surface area (Å²) in [6, 6.07) is 4.02. The number of aromatic nitrogens is 1. The molecular formula is C15H27N3O. The Kier molecular flexibility index (Phi) is 6.25. The fourth-order valence-corrected chi connectivity index (χ4v) is 2.24. The average molecular weight is 265 g/mol. The Morgan fingerprint density at radius 2 is 2.16 bits per heavy atom. The van der Waals surface area contributed by atoms with Gasteiger partial charge in [0, 0.05) is 30.4 Å². The Balaban J connectivity index is 2.95. The summed E-state index contributed by atoms with van der Waals surface area (Å²) in [5.74, 6) is 0.707. The average Bonchev–Trinajstić information content (AvgIpc) is 2.46. The molecule has 19 heavy (non-hydrogen) atoms. The SMILES string of the molecule is CCCN(Cc1cccnc1OC)C(C)(CC)CN. The minimum Gasteiger partial charge on any atom is -0.481 e. The molecule has 0 saturated heterocycles. The number of methoxy groups -OCH3 is 1. The molecule has 0 aliphatic heterocycles. The van der Waals surface area contributed by atoms with E-state index in [1.807, 2.05) is 6.07 Å². The summed E-state index contributed by atoms with van der Waals surface area (Å²) >= 11 is 0. The molecule has 108 valence electrons. The van der Waals surface area contributed by atoms with Crippen LogP contribution in [0, 0.1) is 0 Å². The fourth-order valence-electron chi connectivity index (χ4n) is 2.24. The lowest BCUT2D eigenvalue weighted by molar-refractivity contribution is 0.0960. The molecule has 1 rings (SSSR count). The highest BCUT2D eigenvalue weighted by atomic mass is 16.5. The second-order valence-electron chi connectivity index (χ2n) is 5.15. The van der Waals surface area contributed by atoms with Gasteiger partial charge in [-0.25, -0.2) is 4.98 Å². The third kappa shape index (κ3) is 3.91. The van der Waals surface area contributed by atoms with Crippen molar-refractivity contribution in [2.75, 3.05) is 20.2 Å². The zero-order chi connectivity index (χ0) is 14.3. The zero-order valence-corrected chi connectivity index (χ0v) is 12.6. The van der Waals surface area contributed by atoms with E-state index in [1.54, 1.807) is 13.3 Å². The highest BCUT2D eigenvalue weighted by Gasteiger charge is 2.28. The zero-order valence-electron chi connectivity index (χ0n) is 12.6. The van der Waals surface area contributed by atoms with E-state index in [-0.39, 0.29) is 5.54 Å². The third-order valence-electron chi connectivity index (χ3n) is 3.86. The normalized spacial score (nSPS) is 14.4. The molecule has 1 heterocycles. The van der Waals surface area contributed by atoms with Gasteiger partial charge >= 0.3 is 0 Å². The highest BCUT2D eigenvalue weighted by molar-refractivity contribution is 5.25. The summed E-state index contributed by atoms with van der Waals surface area (Å²) < 4.78 is 5.34. The van der Waals surface area contributed by atoms with Crippen LogP contribution in [0.2, 0.25) is 0 Å². The van der Waals surface area contributed by atoms with Gasteiger partial charge < -0.3 is 10.5 Å². The molecule has 0 aliphatic carbocycles. The largest absolute Gasteiger partial charge is 0.481 e. The van der Waals surface area contributed by atoms with Crippen LogP contribution in [-0.2, 0) is 6.54 Å². The lowest BCUT2D eigenvalue weighted by atomic mass is 9.95. The number of ether oxygens (including phenoxy) is 1. The molecule has 0 amide bonds. The molecule has 4 nitrogen and oxygen atoms in total. The van der Waals surface area contributed by atoms with Gasteiger partial charge in [-0.2, -0.15) is 0 Å². The molecular weight excluding hydrogens is 238 g/mol. The van der Waals surface area contributed by atoms with Crippen LogP contribution in [0.15, 0.2) is 18.3 Å². The van der Waals surface area contributed by atoms with Crippen molar-refractivity contribution in [2.45, 2.75) is 45.7 Å². The van der Waals surface area contributed by atoms with Crippen molar-refractivity contribution in [1.29, 1.82) is 0 Å². The van der Waals surface area contributed by atoms with Gasteiger partial charge in [0.15, 0.2) is 0 Å². The predicted octanol–water partition coefficient (Wildman–Crippen LogP) is 2.43. The van der Waals surface area contributed by atoms with Crippen LogP contribution < -0.4 is 10.5 Å². The first kappa shape index (κ1) is 15.9. The van der Waals surface area contributed by atoms with Crippen LogP contribution in [0.1, 0.15) is 39.2 Å². The molecule has 0 aromatic carbocycles. The molecule has 0 radical (unpaired) electrons. The lowest BCUT2D eigenvalue weighted by Crippen LogP contribution is -2.51. The van der Waals surface area contributed by atoms with E-state index in [2.05, 4.69) is 36.7 Å². The molecule has 1 aromatic rings. The topological polar surface area (TPSA) is 51.4 Å². The van der Waals surface area contributed by atoms with Gasteiger partial charge in [0.05, 0.1) is 7.11 Å². The van der Waals surface area contributed by atoms with E-state index in [1.165, 1.54) is 0 Å². The Bertz CT molecular complexity index is 377. The van der Waals surface area contributed by atoms with Crippen molar-refractivity contribution in [2.24, 2.45) is 5.73 Å². The van der Waals surface area contributed by atoms with Crippen LogP contribution in [0.25, 0.3) is 0 Å². The first-order valence-corrected chi connectivity index (χ1v) is 7.04. The quantitative estimate of drug-likeness (QED) is 0.784. The van der Waals surface area contributed by atoms with Gasteiger partial charge in [0.2, 0.25) is 5.88 Å². The maximum Gasteiger partial charge on any atom is 0.217 e. The van der Waals surface area contributed by atoms with Crippen LogP contribution >= 0.6 is 0 Å². The number of hydrogen-bond acceptors (Lipinski definition) is 4. The van der Waals surface area contributed by atoms with E-state index in [4.69, 9.17) is 10.5 Å². The number of rotatable bonds is 8. The highest BCUT2D eigenvalue weighted by Crippen LogP contribution is 2.24. The van der Waals surface area contributed by atoms with Crippen molar-refractivity contribution in [1.82, 2.24) is 9.88 Å². The first-order chi connectivity index (χ1) is 9.11. The summed E-state index contributed by atoms with van der Waals surface area (Å²) in [6.45, 7) is 9.12. The monoisotopic (exact) mass is 265 g/mol. The molecule has 1 atom stereocenters. The van der Waals surface area contributed by atoms with Crippen molar-refractivity contribution in [3.05, 3.63) is 23.9 Å². The van der Waals surface area contributed by atoms with Crippen LogP contribution in [0.5, 0.6) is 5.88 Å². The van der Waals surface area contributed by atoms with E-state index in [0.717, 1.165) is 31.5 Å².